The van der Waals surface area contributed by atoms with Crippen molar-refractivity contribution in [3.63, 3.8) is 0 Å². The number of hydrogen-bond acceptors (Lipinski definition) is 0. The second-order valence-corrected chi connectivity index (χ2v) is 11.0. The fourth-order valence-electron chi connectivity index (χ4n) is 2.05. The van der Waals surface area contributed by atoms with E-state index in [0.717, 1.165) is 16.8 Å². The molecule has 16 heavy (non-hydrogen) atoms. The Morgan fingerprint density at radius 1 is 0.938 bits per heavy atom. The van der Waals surface area contributed by atoms with Crippen molar-refractivity contribution in [2.24, 2.45) is 0 Å². The van der Waals surface area contributed by atoms with Crippen molar-refractivity contribution in [3.05, 3.63) is 47.8 Å². The Morgan fingerprint density at radius 3 is 2.19 bits per heavy atom. The molecule has 0 aliphatic rings. The van der Waals surface area contributed by atoms with Gasteiger partial charge >= 0.3 is 0 Å². The van der Waals surface area contributed by atoms with E-state index in [0.29, 0.717) is 0 Å². The Hall–Kier alpha value is -1.15. The van der Waals surface area contributed by atoms with Crippen LogP contribution in [-0.2, 0) is 6.04 Å². The lowest BCUT2D eigenvalue weighted by Crippen LogP contribution is -2.24. The molecule has 0 aromatic heterocycles. The third kappa shape index (κ3) is 2.33. The molecule has 0 heterocycles. The highest BCUT2D eigenvalue weighted by molar-refractivity contribution is 6.75. The van der Waals surface area contributed by atoms with Crippen molar-refractivity contribution in [2.75, 3.05) is 0 Å². The smallest absolute Gasteiger partial charge is 0.131 e. The molecule has 0 saturated heterocycles. The van der Waals surface area contributed by atoms with E-state index < -0.39 is 8.07 Å². The summed E-state index contributed by atoms with van der Waals surface area (Å²) >= 11 is 0. The first-order chi connectivity index (χ1) is 7.47. The monoisotopic (exact) mass is 232 g/mol. The Bertz CT molecular complexity index is 512. The van der Waals surface area contributed by atoms with Crippen LogP contribution < -0.4 is 0 Å². The summed E-state index contributed by atoms with van der Waals surface area (Å²) in [5.41, 5.74) is 1.29. The highest BCUT2D eigenvalue weighted by Gasteiger charge is 2.16. The van der Waals surface area contributed by atoms with Crippen molar-refractivity contribution in [2.45, 2.75) is 25.7 Å². The number of hydrogen-bond donors (Lipinski definition) is 0. The van der Waals surface area contributed by atoms with Gasteiger partial charge in [-0.15, -0.1) is 0 Å². The number of rotatable bonds is 2. The second-order valence-electron chi connectivity index (χ2n) is 5.49. The molecule has 2 heteroatoms. The summed E-state index contributed by atoms with van der Waals surface area (Å²) in [6, 6.07) is 12.4. The van der Waals surface area contributed by atoms with Gasteiger partial charge in [-0.25, -0.2) is 4.39 Å². The van der Waals surface area contributed by atoms with Gasteiger partial charge in [-0.05, 0) is 23.1 Å². The fraction of sp³-hybridized carbons (Fsp3) is 0.286. The lowest BCUT2D eigenvalue weighted by atomic mass is 10.1. The van der Waals surface area contributed by atoms with Gasteiger partial charge in [0.15, 0.2) is 0 Å². The standard InChI is InChI=1S/C14H17FSi/c1-16(2,3)10-11-8-9-14(15)13-7-5-4-6-12(11)13/h4-9H,10H2,1-3H3. The van der Waals surface area contributed by atoms with Crippen LogP contribution in [0.1, 0.15) is 5.56 Å². The second kappa shape index (κ2) is 4.02. The van der Waals surface area contributed by atoms with Crippen LogP contribution >= 0.6 is 0 Å². The molecular formula is C14H17FSi. The molecule has 0 aliphatic carbocycles. The van der Waals surface area contributed by atoms with Crippen molar-refractivity contribution in [1.82, 2.24) is 0 Å². The van der Waals surface area contributed by atoms with Crippen LogP contribution in [-0.4, -0.2) is 8.07 Å². The van der Waals surface area contributed by atoms with Gasteiger partial charge in [0.2, 0.25) is 0 Å². The first-order valence-electron chi connectivity index (χ1n) is 5.63. The van der Waals surface area contributed by atoms with E-state index in [2.05, 4.69) is 19.6 Å². The molecular weight excluding hydrogens is 215 g/mol. The average molecular weight is 232 g/mol. The minimum atomic E-state index is -1.16. The lowest BCUT2D eigenvalue weighted by molar-refractivity contribution is 0.639. The summed E-state index contributed by atoms with van der Waals surface area (Å²) in [5, 5.41) is 1.82. The minimum Gasteiger partial charge on any atom is -0.206 e. The van der Waals surface area contributed by atoms with Crippen molar-refractivity contribution < 1.29 is 4.39 Å². The highest BCUT2D eigenvalue weighted by Crippen LogP contribution is 2.24. The predicted octanol–water partition coefficient (Wildman–Crippen LogP) is 4.40. The molecule has 0 fully saturated rings. The maximum Gasteiger partial charge on any atom is 0.131 e. The molecule has 0 amide bonds. The van der Waals surface area contributed by atoms with Gasteiger partial charge in [-0.2, -0.15) is 0 Å². The van der Waals surface area contributed by atoms with Crippen LogP contribution in [0.25, 0.3) is 10.8 Å². The van der Waals surface area contributed by atoms with Crippen LogP contribution in [0, 0.1) is 5.82 Å². The first kappa shape index (κ1) is 11.3. The van der Waals surface area contributed by atoms with E-state index in [1.165, 1.54) is 5.56 Å². The molecule has 0 bridgehead atoms. The normalized spacial score (nSPS) is 12.0. The minimum absolute atomic E-state index is 0.116. The zero-order chi connectivity index (χ0) is 11.8. The SMILES string of the molecule is C[Si](C)(C)Cc1ccc(F)c2ccccc12. The van der Waals surface area contributed by atoms with Crippen molar-refractivity contribution >= 4 is 18.8 Å². The van der Waals surface area contributed by atoms with Crippen LogP contribution in [0.4, 0.5) is 4.39 Å². The Kier molecular flexibility index (Phi) is 2.85. The quantitative estimate of drug-likeness (QED) is 0.673. The maximum absolute atomic E-state index is 13.6. The van der Waals surface area contributed by atoms with Gasteiger partial charge < -0.3 is 0 Å². The largest absolute Gasteiger partial charge is 0.206 e. The summed E-state index contributed by atoms with van der Waals surface area (Å²) in [6.07, 6.45) is 0. The molecule has 2 aromatic rings. The van der Waals surface area contributed by atoms with E-state index in [9.17, 15) is 4.39 Å². The van der Waals surface area contributed by atoms with E-state index in [4.69, 9.17) is 0 Å². The van der Waals surface area contributed by atoms with Crippen LogP contribution in [0.5, 0.6) is 0 Å². The molecule has 0 nitrogen and oxygen atoms in total. The Labute approximate surface area is 97.1 Å². The fourth-order valence-corrected chi connectivity index (χ4v) is 3.50. The molecule has 0 saturated carbocycles. The summed E-state index contributed by atoms with van der Waals surface area (Å²) < 4.78 is 13.6. The van der Waals surface area contributed by atoms with E-state index in [1.807, 2.05) is 30.3 Å². The van der Waals surface area contributed by atoms with Crippen molar-refractivity contribution in [1.29, 1.82) is 0 Å². The lowest BCUT2D eigenvalue weighted by Gasteiger charge is -2.17. The van der Waals surface area contributed by atoms with Crippen LogP contribution in [0.2, 0.25) is 19.6 Å². The topological polar surface area (TPSA) is 0 Å². The molecule has 84 valence electrons. The molecule has 0 aliphatic heterocycles. The molecule has 0 N–H and O–H groups in total. The zero-order valence-corrected chi connectivity index (χ0v) is 11.0. The van der Waals surface area contributed by atoms with Crippen LogP contribution in [0.15, 0.2) is 36.4 Å². The molecule has 2 aromatic carbocycles. The summed E-state index contributed by atoms with van der Waals surface area (Å²) in [5.74, 6) is -0.116. The van der Waals surface area contributed by atoms with Crippen LogP contribution in [0.3, 0.4) is 0 Å². The van der Waals surface area contributed by atoms with Gasteiger partial charge in [-0.3, -0.25) is 0 Å². The van der Waals surface area contributed by atoms with Gasteiger partial charge in [0.25, 0.3) is 0 Å². The van der Waals surface area contributed by atoms with Crippen molar-refractivity contribution in [3.8, 4) is 0 Å². The third-order valence-electron chi connectivity index (χ3n) is 2.68. The highest BCUT2D eigenvalue weighted by atomic mass is 28.3. The molecule has 0 radical (unpaired) electrons. The van der Waals surface area contributed by atoms with E-state index in [1.54, 1.807) is 6.07 Å². The molecule has 0 atom stereocenters. The van der Waals surface area contributed by atoms with Gasteiger partial charge in [-0.1, -0.05) is 50.0 Å². The van der Waals surface area contributed by atoms with Gasteiger partial charge in [0.1, 0.15) is 5.82 Å². The van der Waals surface area contributed by atoms with Gasteiger partial charge in [0.05, 0.1) is 0 Å². The number of halogens is 1. The number of fused-ring (bicyclic) bond motifs is 1. The maximum atomic E-state index is 13.6. The molecule has 0 unspecified atom stereocenters. The van der Waals surface area contributed by atoms with Gasteiger partial charge in [0, 0.05) is 13.5 Å². The summed E-state index contributed by atoms with van der Waals surface area (Å²) in [7, 11) is -1.16. The van der Waals surface area contributed by atoms with E-state index >= 15 is 0 Å². The summed E-state index contributed by atoms with van der Waals surface area (Å²) in [6.45, 7) is 7.02. The average Bonchev–Trinajstić information content (AvgIpc) is 2.21. The molecule has 0 spiro atoms. The summed E-state index contributed by atoms with van der Waals surface area (Å²) in [4.78, 5) is 0. The van der Waals surface area contributed by atoms with E-state index in [-0.39, 0.29) is 5.82 Å². The Balaban J connectivity index is 2.59. The first-order valence-corrected chi connectivity index (χ1v) is 9.34. The third-order valence-corrected chi connectivity index (χ3v) is 4.12. The zero-order valence-electron chi connectivity index (χ0n) is 10.0. The number of benzene rings is 2. The Morgan fingerprint density at radius 2 is 1.56 bits per heavy atom. The molecule has 2 rings (SSSR count). The predicted molar refractivity (Wildman–Crippen MR) is 71.0 cm³/mol.